The Balaban J connectivity index is 1.49. The van der Waals surface area contributed by atoms with Crippen LogP contribution in [-0.4, -0.2) is 49.5 Å². The summed E-state index contributed by atoms with van der Waals surface area (Å²) in [7, 11) is 5.40. The van der Waals surface area contributed by atoms with Crippen molar-refractivity contribution in [2.75, 3.05) is 34.4 Å². The molecule has 0 fully saturated rings. The van der Waals surface area contributed by atoms with Gasteiger partial charge in [-0.05, 0) is 92.6 Å². The highest BCUT2D eigenvalue weighted by molar-refractivity contribution is 5.49. The van der Waals surface area contributed by atoms with E-state index < -0.39 is 6.10 Å². The van der Waals surface area contributed by atoms with E-state index in [1.807, 2.05) is 30.3 Å². The molecular formula is C24H33NO4. The number of aliphatic hydroxyl groups excluding tert-OH is 1. The number of aromatic hydroxyl groups is 1. The first-order valence-corrected chi connectivity index (χ1v) is 10.4. The van der Waals surface area contributed by atoms with Crippen LogP contribution in [0.4, 0.5) is 0 Å². The second-order valence-corrected chi connectivity index (χ2v) is 8.02. The van der Waals surface area contributed by atoms with Crippen molar-refractivity contribution < 1.29 is 19.7 Å². The van der Waals surface area contributed by atoms with Crippen molar-refractivity contribution >= 4 is 0 Å². The van der Waals surface area contributed by atoms with E-state index in [-0.39, 0.29) is 5.92 Å². The Hall–Kier alpha value is -2.24. The quantitative estimate of drug-likeness (QED) is 0.668. The molecule has 2 N–H and O–H groups in total. The maximum atomic E-state index is 10.9. The highest BCUT2D eigenvalue weighted by Gasteiger charge is 2.29. The van der Waals surface area contributed by atoms with E-state index in [9.17, 15) is 10.2 Å². The Morgan fingerprint density at radius 1 is 1.07 bits per heavy atom. The monoisotopic (exact) mass is 399 g/mol. The number of likely N-dealkylation sites (N-methyl/N-ethyl adjacent to an activating group) is 1. The molecule has 2 aromatic rings. The van der Waals surface area contributed by atoms with Gasteiger partial charge in [0.15, 0.2) is 11.5 Å². The van der Waals surface area contributed by atoms with Crippen LogP contribution >= 0.6 is 0 Å². The van der Waals surface area contributed by atoms with E-state index in [1.165, 1.54) is 0 Å². The highest BCUT2D eigenvalue weighted by Crippen LogP contribution is 2.41. The first kappa shape index (κ1) is 21.5. The van der Waals surface area contributed by atoms with Crippen molar-refractivity contribution in [1.82, 2.24) is 4.90 Å². The maximum absolute atomic E-state index is 10.9. The Morgan fingerprint density at radius 2 is 1.83 bits per heavy atom. The molecule has 2 unspecified atom stereocenters. The van der Waals surface area contributed by atoms with Crippen LogP contribution in [-0.2, 0) is 12.8 Å². The average molecular weight is 400 g/mol. The van der Waals surface area contributed by atoms with Crippen molar-refractivity contribution in [2.24, 2.45) is 5.92 Å². The first-order chi connectivity index (χ1) is 14.0. The first-order valence-electron chi connectivity index (χ1n) is 10.4. The van der Waals surface area contributed by atoms with Gasteiger partial charge in [-0.3, -0.25) is 0 Å². The van der Waals surface area contributed by atoms with Crippen molar-refractivity contribution in [3.8, 4) is 17.2 Å². The molecule has 2 aromatic carbocycles. The zero-order chi connectivity index (χ0) is 20.8. The van der Waals surface area contributed by atoms with Crippen molar-refractivity contribution in [1.29, 1.82) is 0 Å². The maximum Gasteiger partial charge on any atom is 0.161 e. The van der Waals surface area contributed by atoms with Crippen LogP contribution in [0.15, 0.2) is 36.4 Å². The van der Waals surface area contributed by atoms with Gasteiger partial charge in [0.25, 0.3) is 0 Å². The minimum atomic E-state index is -0.448. The summed E-state index contributed by atoms with van der Waals surface area (Å²) in [6.07, 6.45) is 4.50. The van der Waals surface area contributed by atoms with Gasteiger partial charge in [0.1, 0.15) is 5.75 Å². The molecule has 0 amide bonds. The number of hydrogen-bond acceptors (Lipinski definition) is 5. The van der Waals surface area contributed by atoms with Crippen molar-refractivity contribution in [3.63, 3.8) is 0 Å². The summed E-state index contributed by atoms with van der Waals surface area (Å²) in [5.74, 6) is 2.01. The number of benzene rings is 2. The lowest BCUT2D eigenvalue weighted by atomic mass is 9.79. The van der Waals surface area contributed by atoms with Crippen LogP contribution in [0.3, 0.4) is 0 Å². The topological polar surface area (TPSA) is 62.2 Å². The fraction of sp³-hybridized carbons (Fsp3) is 0.500. The van der Waals surface area contributed by atoms with E-state index >= 15 is 0 Å². The standard InChI is InChI=1S/C24H33NO4/c1-25(13-11-17-6-4-8-20(26)14-17)12-5-7-18-9-10-19-15-22(28-2)23(29-3)16-21(19)24(18)27/h4,6,8,14-16,18,24,26-27H,5,7,9-13H2,1-3H3. The summed E-state index contributed by atoms with van der Waals surface area (Å²) in [4.78, 5) is 2.32. The van der Waals surface area contributed by atoms with Gasteiger partial charge < -0.3 is 24.6 Å². The normalized spacial score (nSPS) is 18.5. The molecule has 5 heteroatoms. The summed E-state index contributed by atoms with van der Waals surface area (Å²) < 4.78 is 10.8. The number of nitrogens with zero attached hydrogens (tertiary/aromatic N) is 1. The molecule has 5 nitrogen and oxygen atoms in total. The Labute approximate surface area is 173 Å². The van der Waals surface area contributed by atoms with Crippen LogP contribution < -0.4 is 9.47 Å². The van der Waals surface area contributed by atoms with Gasteiger partial charge in [-0.15, -0.1) is 0 Å². The number of phenols is 1. The predicted octanol–water partition coefficient (Wildman–Crippen LogP) is 3.96. The van der Waals surface area contributed by atoms with E-state index in [1.54, 1.807) is 20.3 Å². The predicted molar refractivity (Wildman–Crippen MR) is 115 cm³/mol. The molecule has 29 heavy (non-hydrogen) atoms. The molecule has 2 atom stereocenters. The third-order valence-electron chi connectivity index (χ3n) is 6.00. The number of rotatable bonds is 9. The second-order valence-electron chi connectivity index (χ2n) is 8.02. The molecule has 158 valence electrons. The molecule has 1 aliphatic carbocycles. The van der Waals surface area contributed by atoms with Gasteiger partial charge in [-0.2, -0.15) is 0 Å². The number of fused-ring (bicyclic) bond motifs is 1. The van der Waals surface area contributed by atoms with Crippen LogP contribution in [0.2, 0.25) is 0 Å². The minimum Gasteiger partial charge on any atom is -0.508 e. The Kier molecular flexibility index (Phi) is 7.40. The smallest absolute Gasteiger partial charge is 0.161 e. The Morgan fingerprint density at radius 3 is 2.55 bits per heavy atom. The fourth-order valence-corrected chi connectivity index (χ4v) is 4.25. The van der Waals surface area contributed by atoms with Gasteiger partial charge in [-0.25, -0.2) is 0 Å². The number of methoxy groups -OCH3 is 2. The molecule has 0 heterocycles. The van der Waals surface area contributed by atoms with E-state index in [4.69, 9.17) is 9.47 Å². The zero-order valence-corrected chi connectivity index (χ0v) is 17.7. The fourth-order valence-electron chi connectivity index (χ4n) is 4.25. The lowest BCUT2D eigenvalue weighted by molar-refractivity contribution is 0.0851. The molecule has 0 saturated carbocycles. The minimum absolute atomic E-state index is 0.278. The van der Waals surface area contributed by atoms with Crippen LogP contribution in [0.5, 0.6) is 17.2 Å². The second kappa shape index (κ2) is 9.99. The number of phenolic OH excluding ortho intramolecular Hbond substituents is 1. The summed E-state index contributed by atoms with van der Waals surface area (Å²) in [5.41, 5.74) is 3.30. The molecule has 0 spiro atoms. The van der Waals surface area contributed by atoms with Gasteiger partial charge in [0.2, 0.25) is 0 Å². The van der Waals surface area contributed by atoms with Gasteiger partial charge in [-0.1, -0.05) is 12.1 Å². The molecule has 1 aliphatic rings. The van der Waals surface area contributed by atoms with Crippen molar-refractivity contribution in [2.45, 2.75) is 38.2 Å². The molecule has 0 aromatic heterocycles. The lowest BCUT2D eigenvalue weighted by Crippen LogP contribution is -2.25. The number of aliphatic hydroxyl groups is 1. The largest absolute Gasteiger partial charge is 0.508 e. The SMILES string of the molecule is COc1cc2c(cc1OC)C(O)C(CCCN(C)CCc1cccc(O)c1)CC2. The molecule has 0 saturated heterocycles. The number of hydrogen-bond donors (Lipinski definition) is 2. The molecule has 0 bridgehead atoms. The number of ether oxygens (including phenoxy) is 2. The molecule has 0 aliphatic heterocycles. The third-order valence-corrected chi connectivity index (χ3v) is 6.00. The summed E-state index contributed by atoms with van der Waals surface area (Å²) in [6.45, 7) is 1.96. The molecule has 3 rings (SSSR count). The van der Waals surface area contributed by atoms with E-state index in [0.29, 0.717) is 11.5 Å². The van der Waals surface area contributed by atoms with E-state index in [0.717, 1.165) is 67.6 Å². The van der Waals surface area contributed by atoms with E-state index in [2.05, 4.69) is 11.9 Å². The summed E-state index contributed by atoms with van der Waals surface area (Å²) >= 11 is 0. The third kappa shape index (κ3) is 5.43. The lowest BCUT2D eigenvalue weighted by Gasteiger charge is -2.31. The molecule has 0 radical (unpaired) electrons. The zero-order valence-electron chi connectivity index (χ0n) is 17.7. The van der Waals surface area contributed by atoms with Crippen LogP contribution in [0.25, 0.3) is 0 Å². The molecular weight excluding hydrogens is 366 g/mol. The summed E-state index contributed by atoms with van der Waals surface area (Å²) in [5, 5.41) is 20.5. The summed E-state index contributed by atoms with van der Waals surface area (Å²) in [6, 6.07) is 11.4. The van der Waals surface area contributed by atoms with Gasteiger partial charge in [0.05, 0.1) is 20.3 Å². The van der Waals surface area contributed by atoms with Gasteiger partial charge in [0, 0.05) is 6.54 Å². The highest BCUT2D eigenvalue weighted by atomic mass is 16.5. The Bertz CT molecular complexity index is 807. The van der Waals surface area contributed by atoms with Crippen LogP contribution in [0, 0.1) is 5.92 Å². The number of aryl methyl sites for hydroxylation is 1. The van der Waals surface area contributed by atoms with Gasteiger partial charge >= 0.3 is 0 Å². The average Bonchev–Trinajstić information content (AvgIpc) is 2.73. The van der Waals surface area contributed by atoms with Crippen molar-refractivity contribution in [3.05, 3.63) is 53.1 Å². The van der Waals surface area contributed by atoms with Crippen LogP contribution in [0.1, 0.15) is 42.1 Å².